The summed E-state index contributed by atoms with van der Waals surface area (Å²) in [6.07, 6.45) is 20.0. The zero-order valence-electron chi connectivity index (χ0n) is 20.9. The van der Waals surface area contributed by atoms with Gasteiger partial charge in [0.25, 0.3) is 0 Å². The van der Waals surface area contributed by atoms with Crippen molar-refractivity contribution < 1.29 is 1.43 Å². The van der Waals surface area contributed by atoms with E-state index in [-0.39, 0.29) is 1.43 Å². The Labute approximate surface area is 192 Å². The maximum absolute atomic E-state index is 4.68. The monoisotopic (exact) mass is 424 g/mol. The lowest BCUT2D eigenvalue weighted by molar-refractivity contribution is -0.0830. The molecule has 5 rings (SSSR count). The zero-order chi connectivity index (χ0) is 21.8. The van der Waals surface area contributed by atoms with Crippen molar-refractivity contribution in [2.75, 3.05) is 0 Å². The lowest BCUT2D eigenvalue weighted by Crippen LogP contribution is -2.50. The highest BCUT2D eigenvalue weighted by Crippen LogP contribution is 2.66. The molecule has 0 amide bonds. The van der Waals surface area contributed by atoms with E-state index in [2.05, 4.69) is 37.7 Å². The highest BCUT2D eigenvalue weighted by atomic mass is 14.8. The maximum Gasteiger partial charge on any atom is 0.0589 e. The standard InChI is InChI=1S/C29H46N2.H2/c1-6-28(4)13-11-23-21(16-28)7-8-25-24(23)12-14-29(5)26(9-10-27(25)29)19(2)15-22-18-30-20(3)17-31-22;/h17-19,21,23-27H,6-16H2,1-5H3;1H/t19-,21?,23?,24?,25?,26?,27?,28-,29?;/m1./s1. The van der Waals surface area contributed by atoms with Gasteiger partial charge >= 0.3 is 0 Å². The van der Waals surface area contributed by atoms with E-state index in [0.29, 0.717) is 10.8 Å². The summed E-state index contributed by atoms with van der Waals surface area (Å²) in [6.45, 7) is 12.2. The quantitative estimate of drug-likeness (QED) is 0.491. The van der Waals surface area contributed by atoms with Crippen molar-refractivity contribution in [2.24, 2.45) is 52.3 Å². The number of aromatic nitrogens is 2. The molecule has 0 aliphatic heterocycles. The lowest BCUT2D eigenvalue weighted by atomic mass is 9.47. The van der Waals surface area contributed by atoms with E-state index in [1.807, 2.05) is 19.3 Å². The van der Waals surface area contributed by atoms with E-state index in [1.165, 1.54) is 69.9 Å². The number of hydrogen-bond donors (Lipinski definition) is 0. The second kappa shape index (κ2) is 8.14. The topological polar surface area (TPSA) is 25.8 Å². The average molecular weight is 425 g/mol. The normalized spacial score (nSPS) is 45.5. The van der Waals surface area contributed by atoms with Crippen molar-refractivity contribution in [3.05, 3.63) is 23.8 Å². The Morgan fingerprint density at radius 3 is 2.52 bits per heavy atom. The van der Waals surface area contributed by atoms with Crippen molar-refractivity contribution in [3.8, 4) is 0 Å². The van der Waals surface area contributed by atoms with Gasteiger partial charge in [-0.3, -0.25) is 9.97 Å². The molecule has 4 aliphatic carbocycles. The van der Waals surface area contributed by atoms with Gasteiger partial charge in [-0.25, -0.2) is 0 Å². The molecule has 1 aromatic rings. The van der Waals surface area contributed by atoms with Crippen molar-refractivity contribution in [1.29, 1.82) is 0 Å². The number of fused-ring (bicyclic) bond motifs is 5. The molecule has 174 valence electrons. The van der Waals surface area contributed by atoms with Crippen LogP contribution in [0.2, 0.25) is 0 Å². The zero-order valence-corrected chi connectivity index (χ0v) is 20.9. The van der Waals surface area contributed by atoms with Crippen LogP contribution < -0.4 is 0 Å². The van der Waals surface area contributed by atoms with Crippen LogP contribution >= 0.6 is 0 Å². The van der Waals surface area contributed by atoms with Gasteiger partial charge in [-0.15, -0.1) is 0 Å². The molecule has 4 aliphatic rings. The Kier molecular flexibility index (Phi) is 5.75. The first-order valence-electron chi connectivity index (χ1n) is 13.6. The Morgan fingerprint density at radius 1 is 0.968 bits per heavy atom. The Hall–Kier alpha value is -0.920. The summed E-state index contributed by atoms with van der Waals surface area (Å²) in [5.74, 6) is 6.76. The summed E-state index contributed by atoms with van der Waals surface area (Å²) in [5, 5.41) is 0. The van der Waals surface area contributed by atoms with Gasteiger partial charge in [0.1, 0.15) is 0 Å². The van der Waals surface area contributed by atoms with E-state index in [4.69, 9.17) is 0 Å². The van der Waals surface area contributed by atoms with Gasteiger partial charge in [-0.1, -0.05) is 34.1 Å². The van der Waals surface area contributed by atoms with E-state index >= 15 is 0 Å². The molecule has 2 nitrogen and oxygen atoms in total. The third kappa shape index (κ3) is 3.78. The van der Waals surface area contributed by atoms with Gasteiger partial charge in [0.2, 0.25) is 0 Å². The second-order valence-corrected chi connectivity index (χ2v) is 12.9. The van der Waals surface area contributed by atoms with Gasteiger partial charge in [0.05, 0.1) is 11.4 Å². The molecule has 4 fully saturated rings. The smallest absolute Gasteiger partial charge is 0.0589 e. The predicted molar refractivity (Wildman–Crippen MR) is 131 cm³/mol. The third-order valence-corrected chi connectivity index (χ3v) is 11.3. The van der Waals surface area contributed by atoms with Crippen molar-refractivity contribution in [1.82, 2.24) is 9.97 Å². The molecular formula is C29H48N2. The van der Waals surface area contributed by atoms with Gasteiger partial charge in [0, 0.05) is 13.8 Å². The first-order valence-corrected chi connectivity index (χ1v) is 13.6. The minimum absolute atomic E-state index is 0. The summed E-state index contributed by atoms with van der Waals surface area (Å²) in [5.41, 5.74) is 3.43. The van der Waals surface area contributed by atoms with Crippen LogP contribution in [-0.4, -0.2) is 9.97 Å². The summed E-state index contributed by atoms with van der Waals surface area (Å²) < 4.78 is 0. The van der Waals surface area contributed by atoms with Crippen LogP contribution in [0.3, 0.4) is 0 Å². The van der Waals surface area contributed by atoms with E-state index in [0.717, 1.165) is 53.5 Å². The molecule has 2 heteroatoms. The summed E-state index contributed by atoms with van der Waals surface area (Å²) in [6, 6.07) is 0. The summed E-state index contributed by atoms with van der Waals surface area (Å²) in [4.78, 5) is 9.19. The van der Waals surface area contributed by atoms with Crippen molar-refractivity contribution >= 4 is 0 Å². The van der Waals surface area contributed by atoms with Gasteiger partial charge in [0.15, 0.2) is 0 Å². The summed E-state index contributed by atoms with van der Waals surface area (Å²) in [7, 11) is 0. The van der Waals surface area contributed by atoms with Gasteiger partial charge in [-0.05, 0) is 123 Å². The first kappa shape index (κ1) is 21.9. The van der Waals surface area contributed by atoms with Crippen LogP contribution in [0.5, 0.6) is 0 Å². The number of hydrogen-bond acceptors (Lipinski definition) is 2. The van der Waals surface area contributed by atoms with Crippen LogP contribution in [0, 0.1) is 59.2 Å². The molecule has 0 aromatic carbocycles. The predicted octanol–water partition coefficient (Wildman–Crippen LogP) is 7.89. The highest BCUT2D eigenvalue weighted by molar-refractivity contribution is 5.09. The number of rotatable bonds is 4. The minimum atomic E-state index is 0. The average Bonchev–Trinajstić information content (AvgIpc) is 3.12. The third-order valence-electron chi connectivity index (χ3n) is 11.3. The fourth-order valence-electron chi connectivity index (χ4n) is 9.48. The van der Waals surface area contributed by atoms with Crippen LogP contribution in [0.25, 0.3) is 0 Å². The summed E-state index contributed by atoms with van der Waals surface area (Å²) >= 11 is 0. The van der Waals surface area contributed by atoms with Crippen molar-refractivity contribution in [2.45, 2.75) is 105 Å². The van der Waals surface area contributed by atoms with Crippen LogP contribution in [0.1, 0.15) is 105 Å². The van der Waals surface area contributed by atoms with Crippen LogP contribution in [-0.2, 0) is 6.42 Å². The van der Waals surface area contributed by atoms with Crippen molar-refractivity contribution in [3.63, 3.8) is 0 Å². The number of nitrogens with zero attached hydrogens (tertiary/aromatic N) is 2. The molecule has 4 saturated carbocycles. The first-order chi connectivity index (χ1) is 14.8. The molecule has 0 N–H and O–H groups in total. The highest BCUT2D eigenvalue weighted by Gasteiger charge is 2.58. The molecule has 0 spiro atoms. The molecule has 0 bridgehead atoms. The Balaban J connectivity index is 0.00000245. The van der Waals surface area contributed by atoms with Crippen LogP contribution in [0.4, 0.5) is 0 Å². The molecule has 0 radical (unpaired) electrons. The van der Waals surface area contributed by atoms with E-state index in [9.17, 15) is 0 Å². The molecule has 9 atom stereocenters. The molecular weight excluding hydrogens is 376 g/mol. The maximum atomic E-state index is 4.68. The molecule has 7 unspecified atom stereocenters. The van der Waals surface area contributed by atoms with Gasteiger partial charge < -0.3 is 0 Å². The largest absolute Gasteiger partial charge is 0.258 e. The SMILES string of the molecule is CC[C@]1(C)CCC2C(CCC3C2CCC2(C)C3CCC2[C@H](C)Cc2cnc(C)cn2)C1.[HH]. The molecule has 1 aromatic heterocycles. The fourth-order valence-corrected chi connectivity index (χ4v) is 9.48. The molecule has 0 saturated heterocycles. The molecule has 1 heterocycles. The Bertz CT molecular complexity index is 778. The number of aryl methyl sites for hydroxylation is 1. The molecule has 31 heavy (non-hydrogen) atoms. The van der Waals surface area contributed by atoms with Crippen LogP contribution in [0.15, 0.2) is 12.4 Å². The second-order valence-electron chi connectivity index (χ2n) is 12.9. The van der Waals surface area contributed by atoms with E-state index in [1.54, 1.807) is 0 Å². The minimum Gasteiger partial charge on any atom is -0.258 e. The van der Waals surface area contributed by atoms with E-state index < -0.39 is 0 Å². The Morgan fingerprint density at radius 2 is 1.77 bits per heavy atom. The van der Waals surface area contributed by atoms with Gasteiger partial charge in [-0.2, -0.15) is 0 Å². The lowest BCUT2D eigenvalue weighted by Gasteiger charge is -2.58. The fraction of sp³-hybridized carbons (Fsp3) is 0.862.